The number of pyridine rings is 1. The Morgan fingerprint density at radius 3 is 2.81 bits per heavy atom. The van der Waals surface area contributed by atoms with Crippen LogP contribution in [0, 0.1) is 6.92 Å². The third-order valence-corrected chi connectivity index (χ3v) is 3.63. The van der Waals surface area contributed by atoms with Crippen LogP contribution in [-0.4, -0.2) is 14.8 Å². The molecular formula is C16H19N5. The quantitative estimate of drug-likeness (QED) is 0.567. The first-order valence-corrected chi connectivity index (χ1v) is 6.98. The van der Waals surface area contributed by atoms with E-state index in [1.165, 1.54) is 0 Å². The Bertz CT molecular complexity index is 762. The second-order valence-electron chi connectivity index (χ2n) is 5.27. The largest absolute Gasteiger partial charge is 0.276 e. The molecule has 3 aromatic rings. The molecule has 0 aliphatic rings. The van der Waals surface area contributed by atoms with Gasteiger partial charge in [0.15, 0.2) is 0 Å². The molecule has 0 spiro atoms. The lowest BCUT2D eigenvalue weighted by molar-refractivity contribution is 0.544. The molecule has 3 N–H and O–H groups in total. The highest BCUT2D eigenvalue weighted by molar-refractivity contribution is 5.82. The van der Waals surface area contributed by atoms with E-state index >= 15 is 0 Å². The van der Waals surface area contributed by atoms with E-state index in [0.29, 0.717) is 0 Å². The molecule has 2 heterocycles. The first kappa shape index (κ1) is 13.7. The fourth-order valence-electron chi connectivity index (χ4n) is 2.67. The van der Waals surface area contributed by atoms with Crippen molar-refractivity contribution in [3.63, 3.8) is 0 Å². The molecule has 1 unspecified atom stereocenters. The number of hydrogen-bond donors (Lipinski definition) is 2. The number of fused-ring (bicyclic) bond motifs is 1. The Kier molecular flexibility index (Phi) is 3.68. The number of rotatable bonds is 4. The highest BCUT2D eigenvalue weighted by Crippen LogP contribution is 2.25. The molecule has 2 aromatic heterocycles. The van der Waals surface area contributed by atoms with Gasteiger partial charge in [0.05, 0.1) is 17.3 Å². The van der Waals surface area contributed by atoms with Gasteiger partial charge in [0, 0.05) is 30.7 Å². The van der Waals surface area contributed by atoms with Crippen molar-refractivity contribution in [2.75, 3.05) is 0 Å². The highest BCUT2D eigenvalue weighted by Gasteiger charge is 2.16. The van der Waals surface area contributed by atoms with Gasteiger partial charge in [-0.25, -0.2) is 0 Å². The average molecular weight is 281 g/mol. The predicted octanol–water partition coefficient (Wildman–Crippen LogP) is 2.02. The van der Waals surface area contributed by atoms with Crippen LogP contribution < -0.4 is 11.3 Å². The number of nitrogens with one attached hydrogen (secondary N) is 1. The van der Waals surface area contributed by atoms with Gasteiger partial charge in [-0.05, 0) is 30.7 Å². The maximum atomic E-state index is 5.80. The number of aromatic nitrogens is 3. The van der Waals surface area contributed by atoms with Gasteiger partial charge < -0.3 is 0 Å². The standard InChI is InChI=1S/C16H19N5/c1-11-9-14(13-5-3-4-6-15(13)18-11)16(19-17)10-12-7-8-21(2)20-12/h3-9,16,19H,10,17H2,1-2H3. The lowest BCUT2D eigenvalue weighted by Gasteiger charge is -2.18. The van der Waals surface area contributed by atoms with Crippen LogP contribution in [0.1, 0.15) is 23.0 Å². The molecule has 0 bridgehead atoms. The van der Waals surface area contributed by atoms with Gasteiger partial charge in [0.1, 0.15) is 0 Å². The first-order valence-electron chi connectivity index (χ1n) is 6.98. The normalized spacial score (nSPS) is 12.7. The Balaban J connectivity index is 2.04. The van der Waals surface area contributed by atoms with Gasteiger partial charge >= 0.3 is 0 Å². The Hall–Kier alpha value is -2.24. The van der Waals surface area contributed by atoms with Crippen LogP contribution in [0.4, 0.5) is 0 Å². The molecule has 21 heavy (non-hydrogen) atoms. The molecule has 0 saturated carbocycles. The van der Waals surface area contributed by atoms with Crippen LogP contribution in [0.3, 0.4) is 0 Å². The molecule has 0 saturated heterocycles. The molecule has 0 amide bonds. The second-order valence-corrected chi connectivity index (χ2v) is 5.27. The van der Waals surface area contributed by atoms with E-state index in [1.807, 2.05) is 44.4 Å². The van der Waals surface area contributed by atoms with Gasteiger partial charge in [-0.1, -0.05) is 18.2 Å². The van der Waals surface area contributed by atoms with Crippen LogP contribution >= 0.6 is 0 Å². The van der Waals surface area contributed by atoms with Crippen molar-refractivity contribution in [2.45, 2.75) is 19.4 Å². The fraction of sp³-hybridized carbons (Fsp3) is 0.250. The topological polar surface area (TPSA) is 68.8 Å². The van der Waals surface area contributed by atoms with Crippen molar-refractivity contribution in [3.05, 3.63) is 59.5 Å². The average Bonchev–Trinajstić information content (AvgIpc) is 2.89. The lowest BCUT2D eigenvalue weighted by Crippen LogP contribution is -2.30. The minimum atomic E-state index is 0.00602. The first-order chi connectivity index (χ1) is 10.2. The van der Waals surface area contributed by atoms with Gasteiger partial charge in [-0.2, -0.15) is 5.10 Å². The van der Waals surface area contributed by atoms with Gasteiger partial charge in [0.25, 0.3) is 0 Å². The van der Waals surface area contributed by atoms with Crippen molar-refractivity contribution in [2.24, 2.45) is 12.9 Å². The molecule has 0 fully saturated rings. The van der Waals surface area contributed by atoms with Crippen LogP contribution in [0.25, 0.3) is 10.9 Å². The van der Waals surface area contributed by atoms with Gasteiger partial charge in [-0.15, -0.1) is 0 Å². The van der Waals surface area contributed by atoms with E-state index in [-0.39, 0.29) is 6.04 Å². The predicted molar refractivity (Wildman–Crippen MR) is 83.5 cm³/mol. The van der Waals surface area contributed by atoms with Crippen molar-refractivity contribution in [1.82, 2.24) is 20.2 Å². The number of para-hydroxylation sites is 1. The van der Waals surface area contributed by atoms with Crippen molar-refractivity contribution < 1.29 is 0 Å². The fourth-order valence-corrected chi connectivity index (χ4v) is 2.67. The summed E-state index contributed by atoms with van der Waals surface area (Å²) in [7, 11) is 1.92. The van der Waals surface area contributed by atoms with E-state index in [0.717, 1.165) is 34.3 Å². The molecule has 0 radical (unpaired) electrons. The summed E-state index contributed by atoms with van der Waals surface area (Å²) in [5, 5.41) is 5.56. The van der Waals surface area contributed by atoms with Gasteiger partial charge in [-0.3, -0.25) is 20.9 Å². The van der Waals surface area contributed by atoms with Crippen LogP contribution in [0.2, 0.25) is 0 Å². The van der Waals surface area contributed by atoms with Gasteiger partial charge in [0.2, 0.25) is 0 Å². The number of benzene rings is 1. The summed E-state index contributed by atoms with van der Waals surface area (Å²) in [4.78, 5) is 4.58. The number of aryl methyl sites for hydroxylation is 2. The molecule has 0 aliphatic heterocycles. The Morgan fingerprint density at radius 2 is 2.10 bits per heavy atom. The smallest absolute Gasteiger partial charge is 0.0708 e. The summed E-state index contributed by atoms with van der Waals surface area (Å²) in [6.07, 6.45) is 2.68. The lowest BCUT2D eigenvalue weighted by atomic mass is 9.98. The van der Waals surface area contributed by atoms with E-state index in [2.05, 4.69) is 27.6 Å². The number of nitrogens with two attached hydrogens (primary N) is 1. The zero-order valence-corrected chi connectivity index (χ0v) is 12.2. The number of hydrazine groups is 1. The molecule has 1 aromatic carbocycles. The zero-order chi connectivity index (χ0) is 14.8. The SMILES string of the molecule is Cc1cc(C(Cc2ccn(C)n2)NN)c2ccccc2n1. The molecule has 0 aliphatic carbocycles. The van der Waals surface area contributed by atoms with Crippen LogP contribution in [0.15, 0.2) is 42.6 Å². The number of hydrogen-bond acceptors (Lipinski definition) is 4. The minimum Gasteiger partial charge on any atom is -0.276 e. The second kappa shape index (κ2) is 5.63. The molecule has 1 atom stereocenters. The monoisotopic (exact) mass is 281 g/mol. The maximum Gasteiger partial charge on any atom is 0.0708 e. The third-order valence-electron chi connectivity index (χ3n) is 3.63. The minimum absolute atomic E-state index is 0.00602. The third kappa shape index (κ3) is 2.79. The summed E-state index contributed by atoms with van der Waals surface area (Å²) >= 11 is 0. The van der Waals surface area contributed by atoms with E-state index < -0.39 is 0 Å². The highest BCUT2D eigenvalue weighted by atomic mass is 15.3. The van der Waals surface area contributed by atoms with E-state index in [9.17, 15) is 0 Å². The Labute approximate surface area is 123 Å². The molecule has 108 valence electrons. The summed E-state index contributed by atoms with van der Waals surface area (Å²) in [6, 6.07) is 12.3. The van der Waals surface area contributed by atoms with Crippen molar-refractivity contribution >= 4 is 10.9 Å². The summed E-state index contributed by atoms with van der Waals surface area (Å²) in [6.45, 7) is 2.00. The summed E-state index contributed by atoms with van der Waals surface area (Å²) < 4.78 is 1.80. The Morgan fingerprint density at radius 1 is 1.29 bits per heavy atom. The maximum absolute atomic E-state index is 5.80. The summed E-state index contributed by atoms with van der Waals surface area (Å²) in [5.41, 5.74) is 7.07. The zero-order valence-electron chi connectivity index (χ0n) is 12.2. The van der Waals surface area contributed by atoms with Crippen LogP contribution in [-0.2, 0) is 13.5 Å². The summed E-state index contributed by atoms with van der Waals surface area (Å²) in [5.74, 6) is 5.80. The number of nitrogens with zero attached hydrogens (tertiary/aromatic N) is 3. The molecule has 3 rings (SSSR count). The van der Waals surface area contributed by atoms with Crippen molar-refractivity contribution in [1.29, 1.82) is 0 Å². The molecule has 5 nitrogen and oxygen atoms in total. The molecular weight excluding hydrogens is 262 g/mol. The van der Waals surface area contributed by atoms with Crippen LogP contribution in [0.5, 0.6) is 0 Å². The van der Waals surface area contributed by atoms with E-state index in [1.54, 1.807) is 4.68 Å². The van der Waals surface area contributed by atoms with E-state index in [4.69, 9.17) is 5.84 Å². The molecule has 5 heteroatoms. The van der Waals surface area contributed by atoms with Crippen molar-refractivity contribution in [3.8, 4) is 0 Å².